The van der Waals surface area contributed by atoms with Gasteiger partial charge in [0.1, 0.15) is 97.7 Å². The highest BCUT2D eigenvalue weighted by atomic mass is 16.8. The van der Waals surface area contributed by atoms with Gasteiger partial charge in [0, 0.05) is 12.3 Å². The van der Waals surface area contributed by atoms with Crippen LogP contribution in [0.1, 0.15) is 85.5 Å². The van der Waals surface area contributed by atoms with E-state index in [-0.39, 0.29) is 28.8 Å². The van der Waals surface area contributed by atoms with Crippen LogP contribution in [-0.4, -0.2) is 251 Å². The molecule has 6 heterocycles. The Balaban J connectivity index is 0.829. The van der Waals surface area contributed by atoms with E-state index in [4.69, 9.17) is 47.4 Å². The van der Waals surface area contributed by atoms with E-state index in [1.54, 1.807) is 0 Å². The van der Waals surface area contributed by atoms with Crippen LogP contribution in [-0.2, 0) is 47.4 Å². The molecule has 6 aliphatic heterocycles. The van der Waals surface area contributed by atoms with Gasteiger partial charge in [0.05, 0.1) is 51.3 Å². The summed E-state index contributed by atoms with van der Waals surface area (Å²) in [5, 5.41) is 152. The van der Waals surface area contributed by atoms with Crippen molar-refractivity contribution in [3.05, 3.63) is 0 Å². The Kier molecular flexibility index (Phi) is 16.9. The number of hydrogen-bond acceptors (Lipinski definition) is 24. The minimum absolute atomic E-state index is 0.0667. The number of ether oxygens (including phenoxy) is 10. The maximum absolute atomic E-state index is 12.1. The Labute approximate surface area is 435 Å². The zero-order valence-electron chi connectivity index (χ0n) is 43.1. The molecule has 33 atom stereocenters. The van der Waals surface area contributed by atoms with Crippen molar-refractivity contribution < 1.29 is 119 Å². The van der Waals surface area contributed by atoms with Gasteiger partial charge in [-0.15, -0.1) is 0 Å². The first kappa shape index (κ1) is 57.3. The highest BCUT2D eigenvalue weighted by Gasteiger charge is 2.70. The molecule has 10 fully saturated rings. The minimum Gasteiger partial charge on any atom is -0.394 e. The fourth-order valence-electron chi connectivity index (χ4n) is 16.2. The summed E-state index contributed by atoms with van der Waals surface area (Å²) >= 11 is 0. The first-order valence-corrected chi connectivity index (χ1v) is 27.4. The molecule has 432 valence electrons. The zero-order valence-corrected chi connectivity index (χ0v) is 43.1. The molecule has 0 aromatic carbocycles. The Bertz CT molecular complexity index is 1910. The van der Waals surface area contributed by atoms with Crippen molar-refractivity contribution >= 4 is 0 Å². The fourth-order valence-corrected chi connectivity index (χ4v) is 16.2. The smallest absolute Gasteiger partial charge is 0.187 e. The summed E-state index contributed by atoms with van der Waals surface area (Å²) in [7, 11) is 0. The molecule has 4 aliphatic carbocycles. The van der Waals surface area contributed by atoms with Crippen LogP contribution < -0.4 is 0 Å². The van der Waals surface area contributed by atoms with Crippen LogP contribution in [0.25, 0.3) is 0 Å². The standard InChI is InChI=1S/C51H84O24/c1-19-5-10-51(66-18-19)20(2)32-27(75-51)13-24-22-12-26(56)25-11-21(6-8-49(25,3)23(22)7-9-50(24,32)4)67-45-41(65)38(62)42(31(17-55)71-45)72-48-44(74-47-40(64)37(61)34(58)29(15-53)69-47)43(35(59)30(16-54)70-48)73-46-39(63)36(60)33(57)28(14-52)68-46/h19-48,52-65H,5-18H2,1-4H3/t19-,20+,21+,22+,23-,24+,25-,26-,27?,28-,29-,30-,31-,32?,33-,34+,35-,36+,37?,38-,39-,40-,41-,42+,43+,44-,45-,46-,47-,48-,49-,50+,51+/m1/s1. The van der Waals surface area contributed by atoms with Crippen LogP contribution in [0.15, 0.2) is 0 Å². The van der Waals surface area contributed by atoms with Crippen molar-refractivity contribution in [3.63, 3.8) is 0 Å². The summed E-state index contributed by atoms with van der Waals surface area (Å²) in [6.07, 6.45) is -29.9. The lowest BCUT2D eigenvalue weighted by molar-refractivity contribution is -0.406. The molecule has 10 rings (SSSR count). The predicted molar refractivity (Wildman–Crippen MR) is 250 cm³/mol. The molecule has 10 aliphatic rings. The Hall–Kier alpha value is -0.960. The van der Waals surface area contributed by atoms with Crippen LogP contribution in [0.4, 0.5) is 0 Å². The highest BCUT2D eigenvalue weighted by Crippen LogP contribution is 2.71. The van der Waals surface area contributed by atoms with Gasteiger partial charge in [-0.05, 0) is 97.7 Å². The van der Waals surface area contributed by atoms with E-state index < -0.39 is 167 Å². The summed E-state index contributed by atoms with van der Waals surface area (Å²) in [5.41, 5.74) is -0.133. The van der Waals surface area contributed by atoms with Crippen molar-refractivity contribution in [2.45, 2.75) is 232 Å². The van der Waals surface area contributed by atoms with Crippen LogP contribution in [0.5, 0.6) is 0 Å². The molecule has 0 aromatic rings. The van der Waals surface area contributed by atoms with Gasteiger partial charge in [-0.3, -0.25) is 0 Å². The molecule has 0 amide bonds. The van der Waals surface area contributed by atoms with Gasteiger partial charge >= 0.3 is 0 Å². The summed E-state index contributed by atoms with van der Waals surface area (Å²) in [6.45, 7) is 6.54. The van der Waals surface area contributed by atoms with Crippen LogP contribution >= 0.6 is 0 Å². The third-order valence-electron chi connectivity index (χ3n) is 20.4. The van der Waals surface area contributed by atoms with E-state index in [0.29, 0.717) is 48.9 Å². The van der Waals surface area contributed by atoms with E-state index in [2.05, 4.69) is 27.7 Å². The second-order valence-corrected chi connectivity index (χ2v) is 24.5. The van der Waals surface area contributed by atoms with E-state index in [1.807, 2.05) is 0 Å². The molecule has 75 heavy (non-hydrogen) atoms. The van der Waals surface area contributed by atoms with Crippen molar-refractivity contribution in [2.24, 2.45) is 52.3 Å². The molecule has 0 radical (unpaired) electrons. The van der Waals surface area contributed by atoms with Gasteiger partial charge in [0.2, 0.25) is 0 Å². The largest absolute Gasteiger partial charge is 0.394 e. The first-order valence-electron chi connectivity index (χ1n) is 27.4. The quantitative estimate of drug-likeness (QED) is 0.0830. The second-order valence-electron chi connectivity index (χ2n) is 24.5. The topological polar surface area (TPSA) is 376 Å². The molecule has 0 bridgehead atoms. The molecule has 6 saturated heterocycles. The predicted octanol–water partition coefficient (Wildman–Crippen LogP) is -3.94. The molecular weight excluding hydrogens is 997 g/mol. The molecular formula is C51H84O24. The highest BCUT2D eigenvalue weighted by molar-refractivity contribution is 5.16. The number of aliphatic hydroxyl groups is 14. The van der Waals surface area contributed by atoms with Crippen LogP contribution in [0.3, 0.4) is 0 Å². The van der Waals surface area contributed by atoms with Crippen LogP contribution in [0, 0.1) is 52.3 Å². The van der Waals surface area contributed by atoms with Gasteiger partial charge in [-0.25, -0.2) is 0 Å². The van der Waals surface area contributed by atoms with E-state index >= 15 is 0 Å². The third kappa shape index (κ3) is 9.79. The molecule has 3 unspecified atom stereocenters. The Morgan fingerprint density at radius 2 is 1.00 bits per heavy atom. The lowest BCUT2D eigenvalue weighted by Crippen LogP contribution is -2.68. The summed E-state index contributed by atoms with van der Waals surface area (Å²) in [4.78, 5) is 0. The third-order valence-corrected chi connectivity index (χ3v) is 20.4. The number of fused-ring (bicyclic) bond motifs is 7. The van der Waals surface area contributed by atoms with Crippen LogP contribution in [0.2, 0.25) is 0 Å². The summed E-state index contributed by atoms with van der Waals surface area (Å²) in [5.74, 6) is 1.64. The van der Waals surface area contributed by atoms with E-state index in [0.717, 1.165) is 45.1 Å². The van der Waals surface area contributed by atoms with Crippen molar-refractivity contribution in [1.82, 2.24) is 0 Å². The lowest BCUT2D eigenvalue weighted by Gasteiger charge is -2.62. The van der Waals surface area contributed by atoms with Gasteiger partial charge < -0.3 is 119 Å². The molecule has 0 aromatic heterocycles. The van der Waals surface area contributed by atoms with Crippen molar-refractivity contribution in [2.75, 3.05) is 33.0 Å². The second kappa shape index (κ2) is 22.1. The SMILES string of the molecule is C[C@@H]1CC[C@]2(OC1)OC1C[C@H]3[C@H]4C[C@@H](O)[C@H]5C[C@@H](O[C@@H]6O[C@H](CO)[C@H](O[C@H]7O[C@H](CO)[C@@H](O)[C@H](O[C@H]8O[C@H](CO)[C@@H](O)[C@H](O)[C@H]8O)[C@H]7O[C@H]7O[C@H](CO)[C@H](O)C(O)[C@H]7O)[C@H](O)[C@H]6O)CC[C@]5(C)[C@@H]4CC[C@]3(C)C1[C@@H]2C. The molecule has 24 heteroatoms. The number of hydrogen-bond donors (Lipinski definition) is 14. The number of rotatable bonds is 12. The minimum atomic E-state index is -2.05. The van der Waals surface area contributed by atoms with E-state index in [9.17, 15) is 71.5 Å². The van der Waals surface area contributed by atoms with Gasteiger partial charge in [0.15, 0.2) is 30.9 Å². The maximum Gasteiger partial charge on any atom is 0.187 e. The summed E-state index contributed by atoms with van der Waals surface area (Å²) < 4.78 is 61.3. The van der Waals surface area contributed by atoms with Gasteiger partial charge in [-0.1, -0.05) is 27.7 Å². The Morgan fingerprint density at radius 3 is 1.60 bits per heavy atom. The normalized spacial score (nSPS) is 58.0. The molecule has 24 nitrogen and oxygen atoms in total. The van der Waals surface area contributed by atoms with Crippen molar-refractivity contribution in [3.8, 4) is 0 Å². The van der Waals surface area contributed by atoms with Gasteiger partial charge in [-0.2, -0.15) is 0 Å². The average Bonchev–Trinajstić information content (AvgIpc) is 3.85. The molecule has 1 spiro atoms. The van der Waals surface area contributed by atoms with Crippen molar-refractivity contribution in [1.29, 1.82) is 0 Å². The fraction of sp³-hybridized carbons (Fsp3) is 1.00. The monoisotopic (exact) mass is 1080 g/mol. The zero-order chi connectivity index (χ0) is 53.8. The Morgan fingerprint density at radius 1 is 0.467 bits per heavy atom. The van der Waals surface area contributed by atoms with Gasteiger partial charge in [0.25, 0.3) is 0 Å². The maximum atomic E-state index is 12.1. The first-order chi connectivity index (χ1) is 35.6. The summed E-state index contributed by atoms with van der Waals surface area (Å²) in [6, 6.07) is 0. The molecule has 14 N–H and O–H groups in total. The average molecular weight is 1080 g/mol. The number of aliphatic hydroxyl groups excluding tert-OH is 14. The molecule has 4 saturated carbocycles. The lowest BCUT2D eigenvalue weighted by atomic mass is 9.43. The van der Waals surface area contributed by atoms with E-state index in [1.165, 1.54) is 0 Å².